The van der Waals surface area contributed by atoms with E-state index in [1.807, 2.05) is 0 Å². The lowest BCUT2D eigenvalue weighted by atomic mass is 9.94. The Bertz CT molecular complexity index is 359. The molecule has 1 aromatic carbocycles. The van der Waals surface area contributed by atoms with Crippen molar-refractivity contribution in [2.45, 2.75) is 46.2 Å². The second-order valence-corrected chi connectivity index (χ2v) is 6.98. The maximum absolute atomic E-state index is 3.69. The molecule has 0 amide bonds. The molecule has 0 aromatic heterocycles. The number of hydrogen-bond acceptors (Lipinski definition) is 2. The molecule has 1 aliphatic heterocycles. The lowest BCUT2D eigenvalue weighted by Gasteiger charge is -2.36. The van der Waals surface area contributed by atoms with Gasteiger partial charge in [0.15, 0.2) is 0 Å². The molecule has 106 valence electrons. The molecule has 2 rings (SSSR count). The minimum absolute atomic E-state index is 0.421. The quantitative estimate of drug-likeness (QED) is 0.893. The predicted molar refractivity (Wildman–Crippen MR) is 82.2 cm³/mol. The molecular formula is C17H28N2. The number of benzene rings is 1. The van der Waals surface area contributed by atoms with Gasteiger partial charge in [0.05, 0.1) is 0 Å². The highest BCUT2D eigenvalue weighted by atomic mass is 15.1. The molecule has 1 aliphatic rings. The summed E-state index contributed by atoms with van der Waals surface area (Å²) in [6, 6.07) is 11.4. The van der Waals surface area contributed by atoms with E-state index in [0.717, 1.165) is 6.54 Å². The van der Waals surface area contributed by atoms with Crippen molar-refractivity contribution in [3.63, 3.8) is 0 Å². The fourth-order valence-corrected chi connectivity index (χ4v) is 2.82. The molecule has 2 nitrogen and oxygen atoms in total. The average molecular weight is 260 g/mol. The summed E-state index contributed by atoms with van der Waals surface area (Å²) in [6.07, 6.45) is 2.56. The van der Waals surface area contributed by atoms with E-state index < -0.39 is 0 Å². The highest BCUT2D eigenvalue weighted by Crippen LogP contribution is 2.19. The average Bonchev–Trinajstić information content (AvgIpc) is 2.37. The molecule has 0 bridgehead atoms. The maximum atomic E-state index is 3.69. The van der Waals surface area contributed by atoms with E-state index in [9.17, 15) is 0 Å². The van der Waals surface area contributed by atoms with E-state index >= 15 is 0 Å². The minimum Gasteiger partial charge on any atom is -0.310 e. The molecule has 1 heterocycles. The third-order valence-corrected chi connectivity index (χ3v) is 3.72. The summed E-state index contributed by atoms with van der Waals surface area (Å²) in [5, 5.41) is 3.69. The summed E-state index contributed by atoms with van der Waals surface area (Å²) in [5.74, 6) is 0. The van der Waals surface area contributed by atoms with Crippen molar-refractivity contribution in [3.8, 4) is 0 Å². The van der Waals surface area contributed by atoms with Gasteiger partial charge in [-0.25, -0.2) is 0 Å². The van der Waals surface area contributed by atoms with Crippen molar-refractivity contribution in [2.24, 2.45) is 5.41 Å². The molecule has 1 saturated heterocycles. The molecule has 0 aliphatic carbocycles. The molecule has 1 fully saturated rings. The van der Waals surface area contributed by atoms with Crippen LogP contribution in [0.4, 0.5) is 0 Å². The van der Waals surface area contributed by atoms with Gasteiger partial charge in [-0.2, -0.15) is 0 Å². The highest BCUT2D eigenvalue weighted by molar-refractivity contribution is 5.14. The first-order valence-electron chi connectivity index (χ1n) is 7.53. The van der Waals surface area contributed by atoms with Gasteiger partial charge in [-0.3, -0.25) is 0 Å². The summed E-state index contributed by atoms with van der Waals surface area (Å²) >= 11 is 0. The van der Waals surface area contributed by atoms with Crippen LogP contribution in [0.5, 0.6) is 0 Å². The Morgan fingerprint density at radius 2 is 1.74 bits per heavy atom. The number of rotatable bonds is 4. The van der Waals surface area contributed by atoms with Crippen LogP contribution in [0.15, 0.2) is 30.3 Å². The third kappa shape index (κ3) is 5.33. The minimum atomic E-state index is 0.421. The molecule has 2 heteroatoms. The smallest absolute Gasteiger partial charge is 0.0208 e. The van der Waals surface area contributed by atoms with Gasteiger partial charge in [0, 0.05) is 19.1 Å². The van der Waals surface area contributed by atoms with Crippen LogP contribution < -0.4 is 5.32 Å². The number of likely N-dealkylation sites (tertiary alicyclic amines) is 1. The fraction of sp³-hybridized carbons (Fsp3) is 0.647. The first-order chi connectivity index (χ1) is 9.03. The van der Waals surface area contributed by atoms with Gasteiger partial charge < -0.3 is 10.2 Å². The van der Waals surface area contributed by atoms with Crippen LogP contribution in [-0.2, 0) is 6.54 Å². The molecule has 1 N–H and O–H groups in total. The Balaban J connectivity index is 1.69. The topological polar surface area (TPSA) is 15.3 Å². The lowest BCUT2D eigenvalue weighted by Crippen LogP contribution is -2.44. The van der Waals surface area contributed by atoms with Crippen molar-refractivity contribution >= 4 is 0 Å². The molecule has 0 atom stereocenters. The van der Waals surface area contributed by atoms with Crippen LogP contribution in [0.25, 0.3) is 0 Å². The van der Waals surface area contributed by atoms with E-state index in [0.29, 0.717) is 11.5 Å². The Kier molecular flexibility index (Phi) is 5.00. The molecular weight excluding hydrogens is 232 g/mol. The SMILES string of the molecule is CC(C)(C)CN1CCC(NCc2ccccc2)CC1. The molecule has 0 saturated carbocycles. The molecule has 1 aromatic rings. The summed E-state index contributed by atoms with van der Waals surface area (Å²) in [6.45, 7) is 11.7. The van der Waals surface area contributed by atoms with Gasteiger partial charge in [-0.1, -0.05) is 51.1 Å². The molecule has 0 radical (unpaired) electrons. The number of hydrogen-bond donors (Lipinski definition) is 1. The van der Waals surface area contributed by atoms with Gasteiger partial charge >= 0.3 is 0 Å². The second-order valence-electron chi connectivity index (χ2n) is 6.98. The number of nitrogens with one attached hydrogen (secondary N) is 1. The van der Waals surface area contributed by atoms with Crippen LogP contribution in [0.3, 0.4) is 0 Å². The summed E-state index contributed by atoms with van der Waals surface area (Å²) in [7, 11) is 0. The first-order valence-corrected chi connectivity index (χ1v) is 7.53. The van der Waals surface area contributed by atoms with Crippen molar-refractivity contribution < 1.29 is 0 Å². The zero-order chi connectivity index (χ0) is 13.7. The van der Waals surface area contributed by atoms with Crippen LogP contribution in [0.2, 0.25) is 0 Å². The van der Waals surface area contributed by atoms with E-state index in [-0.39, 0.29) is 0 Å². The number of piperidine rings is 1. The highest BCUT2D eigenvalue weighted by Gasteiger charge is 2.22. The van der Waals surface area contributed by atoms with Crippen molar-refractivity contribution in [3.05, 3.63) is 35.9 Å². The molecule has 0 spiro atoms. The Morgan fingerprint density at radius 1 is 1.11 bits per heavy atom. The largest absolute Gasteiger partial charge is 0.310 e. The van der Waals surface area contributed by atoms with Gasteiger partial charge in [0.2, 0.25) is 0 Å². The number of nitrogens with zero attached hydrogens (tertiary/aromatic N) is 1. The van der Waals surface area contributed by atoms with E-state index in [4.69, 9.17) is 0 Å². The Labute approximate surface area is 118 Å². The van der Waals surface area contributed by atoms with Gasteiger partial charge in [0.1, 0.15) is 0 Å². The zero-order valence-corrected chi connectivity index (χ0v) is 12.7. The van der Waals surface area contributed by atoms with Gasteiger partial charge in [-0.05, 0) is 36.9 Å². The Morgan fingerprint density at radius 3 is 2.32 bits per heavy atom. The summed E-state index contributed by atoms with van der Waals surface area (Å²) in [5.41, 5.74) is 1.81. The summed E-state index contributed by atoms with van der Waals surface area (Å²) in [4.78, 5) is 2.61. The van der Waals surface area contributed by atoms with E-state index in [1.165, 1.54) is 38.0 Å². The zero-order valence-electron chi connectivity index (χ0n) is 12.7. The maximum Gasteiger partial charge on any atom is 0.0208 e. The first kappa shape index (κ1) is 14.5. The van der Waals surface area contributed by atoms with E-state index in [1.54, 1.807) is 0 Å². The van der Waals surface area contributed by atoms with Crippen LogP contribution in [-0.4, -0.2) is 30.6 Å². The lowest BCUT2D eigenvalue weighted by molar-refractivity contribution is 0.146. The standard InChI is InChI=1S/C17H28N2/c1-17(2,3)14-19-11-9-16(10-12-19)18-13-15-7-5-4-6-8-15/h4-8,16,18H,9-14H2,1-3H3. The van der Waals surface area contributed by atoms with Crippen LogP contribution in [0, 0.1) is 5.41 Å². The van der Waals surface area contributed by atoms with Crippen molar-refractivity contribution in [1.82, 2.24) is 10.2 Å². The molecule has 19 heavy (non-hydrogen) atoms. The van der Waals surface area contributed by atoms with Gasteiger partial charge in [0.25, 0.3) is 0 Å². The third-order valence-electron chi connectivity index (χ3n) is 3.72. The van der Waals surface area contributed by atoms with Gasteiger partial charge in [-0.15, -0.1) is 0 Å². The van der Waals surface area contributed by atoms with E-state index in [2.05, 4.69) is 61.3 Å². The molecule has 0 unspecified atom stereocenters. The monoisotopic (exact) mass is 260 g/mol. The van der Waals surface area contributed by atoms with Crippen LogP contribution in [0.1, 0.15) is 39.2 Å². The fourth-order valence-electron chi connectivity index (χ4n) is 2.82. The Hall–Kier alpha value is -0.860. The predicted octanol–water partition coefficient (Wildman–Crippen LogP) is 3.29. The van der Waals surface area contributed by atoms with Crippen LogP contribution >= 0.6 is 0 Å². The second kappa shape index (κ2) is 6.53. The van der Waals surface area contributed by atoms with Crippen molar-refractivity contribution in [2.75, 3.05) is 19.6 Å². The normalized spacial score (nSPS) is 18.7. The summed E-state index contributed by atoms with van der Waals surface area (Å²) < 4.78 is 0. The van der Waals surface area contributed by atoms with Crippen molar-refractivity contribution in [1.29, 1.82) is 0 Å².